The van der Waals surface area contributed by atoms with Crippen molar-refractivity contribution >= 4 is 11.9 Å². The van der Waals surface area contributed by atoms with Crippen LogP contribution in [0.15, 0.2) is 42.5 Å². The van der Waals surface area contributed by atoms with E-state index in [4.69, 9.17) is 9.84 Å². The quantitative estimate of drug-likeness (QED) is 0.369. The second-order valence-corrected chi connectivity index (χ2v) is 8.68. The molecule has 1 unspecified atom stereocenters. The maximum atomic E-state index is 12.8. The van der Waals surface area contributed by atoms with E-state index < -0.39 is 12.1 Å². The Bertz CT molecular complexity index is 1140. The number of hydrogen-bond acceptors (Lipinski definition) is 4. The summed E-state index contributed by atoms with van der Waals surface area (Å²) in [5, 5.41) is 16.4. The highest BCUT2D eigenvalue weighted by Gasteiger charge is 2.17. The Morgan fingerprint density at radius 1 is 1.06 bits per heavy atom. The molecule has 1 aromatic heterocycles. The predicted octanol–water partition coefficient (Wildman–Crippen LogP) is 5.85. The Hall–Kier alpha value is -3.61. The minimum Gasteiger partial charge on any atom is -0.479 e. The Morgan fingerprint density at radius 2 is 1.67 bits per heavy atom. The molecule has 0 saturated heterocycles. The van der Waals surface area contributed by atoms with E-state index in [1.54, 1.807) is 10.7 Å². The maximum absolute atomic E-state index is 12.8. The number of benzene rings is 2. The summed E-state index contributed by atoms with van der Waals surface area (Å²) < 4.78 is 7.29. The lowest BCUT2D eigenvalue weighted by Gasteiger charge is -2.16. The van der Waals surface area contributed by atoms with Gasteiger partial charge in [0.25, 0.3) is 5.91 Å². The van der Waals surface area contributed by atoms with E-state index >= 15 is 0 Å². The van der Waals surface area contributed by atoms with E-state index in [1.807, 2.05) is 46.9 Å². The molecular formula is C29H39N3O4. The number of carbonyl (C=O) groups is 2. The van der Waals surface area contributed by atoms with Crippen LogP contribution >= 0.6 is 0 Å². The van der Waals surface area contributed by atoms with Gasteiger partial charge in [-0.25, -0.2) is 4.79 Å². The molecule has 2 aromatic carbocycles. The lowest BCUT2D eigenvalue weighted by molar-refractivity contribution is -0.144. The van der Waals surface area contributed by atoms with Gasteiger partial charge in [0.1, 0.15) is 5.75 Å². The fraction of sp³-hybridized carbons (Fsp3) is 0.414. The topological polar surface area (TPSA) is 93.4 Å². The molecule has 0 saturated carbocycles. The van der Waals surface area contributed by atoms with Crippen LogP contribution in [0.5, 0.6) is 5.75 Å². The Balaban J connectivity index is 0.00000222. The van der Waals surface area contributed by atoms with Gasteiger partial charge in [0.05, 0.1) is 5.69 Å². The van der Waals surface area contributed by atoms with Gasteiger partial charge in [0.2, 0.25) is 0 Å². The van der Waals surface area contributed by atoms with Crippen molar-refractivity contribution in [3.8, 4) is 17.0 Å². The first-order valence-electron chi connectivity index (χ1n) is 12.6. The highest BCUT2D eigenvalue weighted by atomic mass is 16.5. The van der Waals surface area contributed by atoms with E-state index in [9.17, 15) is 9.59 Å². The van der Waals surface area contributed by atoms with Gasteiger partial charge in [-0.2, -0.15) is 5.10 Å². The van der Waals surface area contributed by atoms with Crippen molar-refractivity contribution < 1.29 is 19.4 Å². The fourth-order valence-corrected chi connectivity index (χ4v) is 3.90. The largest absolute Gasteiger partial charge is 0.479 e. The summed E-state index contributed by atoms with van der Waals surface area (Å²) in [7, 11) is 1.83. The van der Waals surface area contributed by atoms with Crippen LogP contribution in [0.2, 0.25) is 0 Å². The van der Waals surface area contributed by atoms with Crippen molar-refractivity contribution in [1.29, 1.82) is 0 Å². The SMILES string of the molecule is CC.CCCCc1ccc(-c2cc(C(=O)NCc3cc(C)c(OC(C)C(=O)O)c(C)c3)nn2C)cc1. The smallest absolute Gasteiger partial charge is 0.344 e. The van der Waals surface area contributed by atoms with E-state index in [0.717, 1.165) is 34.4 Å². The molecule has 3 rings (SSSR count). The van der Waals surface area contributed by atoms with E-state index in [-0.39, 0.29) is 5.91 Å². The van der Waals surface area contributed by atoms with Gasteiger partial charge in [0.15, 0.2) is 11.8 Å². The number of unbranched alkanes of at least 4 members (excludes halogenated alkanes) is 1. The van der Waals surface area contributed by atoms with Gasteiger partial charge in [-0.3, -0.25) is 9.48 Å². The van der Waals surface area contributed by atoms with Gasteiger partial charge in [-0.15, -0.1) is 0 Å². The van der Waals surface area contributed by atoms with Crippen molar-refractivity contribution in [2.75, 3.05) is 0 Å². The van der Waals surface area contributed by atoms with Crippen LogP contribution in [0.3, 0.4) is 0 Å². The minimum atomic E-state index is -1.02. The minimum absolute atomic E-state index is 0.253. The van der Waals surface area contributed by atoms with Crippen LogP contribution in [0.25, 0.3) is 11.3 Å². The van der Waals surface area contributed by atoms with Crippen molar-refractivity contribution in [2.24, 2.45) is 7.05 Å². The van der Waals surface area contributed by atoms with Crippen LogP contribution in [-0.4, -0.2) is 32.9 Å². The normalized spacial score (nSPS) is 11.3. The van der Waals surface area contributed by atoms with Gasteiger partial charge < -0.3 is 15.2 Å². The maximum Gasteiger partial charge on any atom is 0.344 e. The van der Waals surface area contributed by atoms with Crippen LogP contribution in [0, 0.1) is 13.8 Å². The molecular weight excluding hydrogens is 454 g/mol. The van der Waals surface area contributed by atoms with Crippen molar-refractivity contribution in [1.82, 2.24) is 15.1 Å². The molecule has 1 amide bonds. The third-order valence-corrected chi connectivity index (χ3v) is 5.80. The van der Waals surface area contributed by atoms with Crippen molar-refractivity contribution in [3.05, 3.63) is 70.4 Å². The first-order valence-corrected chi connectivity index (χ1v) is 12.6. The number of carboxylic acid groups (broad SMARTS) is 1. The van der Waals surface area contributed by atoms with Gasteiger partial charge in [-0.05, 0) is 67.5 Å². The molecule has 0 radical (unpaired) electrons. The average molecular weight is 494 g/mol. The molecule has 1 atom stereocenters. The molecule has 7 nitrogen and oxygen atoms in total. The summed E-state index contributed by atoms with van der Waals surface area (Å²) in [6.07, 6.45) is 2.48. The fourth-order valence-electron chi connectivity index (χ4n) is 3.90. The highest BCUT2D eigenvalue weighted by molar-refractivity contribution is 5.93. The molecule has 36 heavy (non-hydrogen) atoms. The summed E-state index contributed by atoms with van der Waals surface area (Å²) >= 11 is 0. The number of carbonyl (C=O) groups excluding carboxylic acids is 1. The molecule has 7 heteroatoms. The number of aromatic nitrogens is 2. The molecule has 0 spiro atoms. The van der Waals surface area contributed by atoms with Gasteiger partial charge >= 0.3 is 5.97 Å². The highest BCUT2D eigenvalue weighted by Crippen LogP contribution is 2.26. The van der Waals surface area contributed by atoms with Crippen LogP contribution < -0.4 is 10.1 Å². The number of aliphatic carboxylic acids is 1. The number of amides is 1. The number of aryl methyl sites for hydroxylation is 4. The average Bonchev–Trinajstić information content (AvgIpc) is 3.26. The number of hydrogen-bond donors (Lipinski definition) is 2. The molecule has 194 valence electrons. The summed E-state index contributed by atoms with van der Waals surface area (Å²) in [5.41, 5.74) is 6.11. The molecule has 0 aliphatic rings. The number of ether oxygens (including phenoxy) is 1. The van der Waals surface area contributed by atoms with Gasteiger partial charge in [0, 0.05) is 13.6 Å². The summed E-state index contributed by atoms with van der Waals surface area (Å²) in [5.74, 6) is -0.714. The van der Waals surface area contributed by atoms with Crippen molar-refractivity contribution in [2.45, 2.75) is 73.5 Å². The van der Waals surface area contributed by atoms with Crippen molar-refractivity contribution in [3.63, 3.8) is 0 Å². The molecule has 0 aliphatic carbocycles. The number of nitrogens with zero attached hydrogens (tertiary/aromatic N) is 2. The summed E-state index contributed by atoms with van der Waals surface area (Å²) in [6.45, 7) is 11.7. The molecule has 1 heterocycles. The first-order chi connectivity index (χ1) is 17.2. The number of nitrogens with one attached hydrogen (secondary N) is 1. The Kier molecular flexibility index (Phi) is 10.7. The van der Waals surface area contributed by atoms with E-state index in [1.165, 1.54) is 25.3 Å². The lowest BCUT2D eigenvalue weighted by atomic mass is 10.0. The lowest BCUT2D eigenvalue weighted by Crippen LogP contribution is -2.24. The Labute approximate surface area is 214 Å². The molecule has 0 bridgehead atoms. The first kappa shape index (κ1) is 28.6. The molecule has 0 aliphatic heterocycles. The van der Waals surface area contributed by atoms with E-state index in [0.29, 0.717) is 18.0 Å². The number of carboxylic acids is 1. The monoisotopic (exact) mass is 493 g/mol. The zero-order chi connectivity index (χ0) is 26.8. The Morgan fingerprint density at radius 3 is 2.22 bits per heavy atom. The zero-order valence-corrected chi connectivity index (χ0v) is 22.5. The summed E-state index contributed by atoms with van der Waals surface area (Å²) in [6, 6.07) is 14.0. The third kappa shape index (κ3) is 7.44. The standard InChI is InChI=1S/C27H33N3O4.C2H6/c1-6-7-8-20-9-11-22(12-10-20)24-15-23(29-30(24)5)26(31)28-16-21-13-17(2)25(18(3)14-21)34-19(4)27(32)33;1-2/h9-15,19H,6-8,16H2,1-5H3,(H,28,31)(H,32,33);1-2H3. The number of rotatable bonds is 10. The zero-order valence-electron chi connectivity index (χ0n) is 22.5. The second kappa shape index (κ2) is 13.5. The molecule has 3 aromatic rings. The van der Waals surface area contributed by atoms with E-state index in [2.05, 4.69) is 41.6 Å². The second-order valence-electron chi connectivity index (χ2n) is 8.68. The van der Waals surface area contributed by atoms with Crippen LogP contribution in [0.4, 0.5) is 0 Å². The van der Waals surface area contributed by atoms with Crippen LogP contribution in [0.1, 0.15) is 73.3 Å². The van der Waals surface area contributed by atoms with Gasteiger partial charge in [-0.1, -0.05) is 63.6 Å². The summed E-state index contributed by atoms with van der Waals surface area (Å²) in [4.78, 5) is 23.9. The van der Waals surface area contributed by atoms with Crippen LogP contribution in [-0.2, 0) is 24.8 Å². The molecule has 0 fully saturated rings. The molecule has 2 N–H and O–H groups in total. The third-order valence-electron chi connectivity index (χ3n) is 5.80. The predicted molar refractivity (Wildman–Crippen MR) is 143 cm³/mol.